The van der Waals surface area contributed by atoms with Crippen LogP contribution in [0.1, 0.15) is 43.2 Å². The van der Waals surface area contributed by atoms with Crippen molar-refractivity contribution in [2.45, 2.75) is 37.9 Å². The Morgan fingerprint density at radius 3 is 2.03 bits per heavy atom. The molecule has 1 saturated heterocycles. The summed E-state index contributed by atoms with van der Waals surface area (Å²) < 4.78 is 28.8. The zero-order valence-corrected chi connectivity index (χ0v) is 18.3. The maximum Gasteiger partial charge on any atom is 0.203 e. The summed E-state index contributed by atoms with van der Waals surface area (Å²) in [5.41, 5.74) is 2.14. The number of hydrogen-bond donors (Lipinski definition) is 0. The first-order valence-electron chi connectivity index (χ1n) is 9.90. The molecule has 1 fully saturated rings. The Hall–Kier alpha value is -1.95. The number of benzene rings is 2. The average molecular weight is 421 g/mol. The van der Waals surface area contributed by atoms with Crippen molar-refractivity contribution in [2.24, 2.45) is 0 Å². The summed E-state index contributed by atoms with van der Waals surface area (Å²) in [7, 11) is 4.81. The van der Waals surface area contributed by atoms with Gasteiger partial charge in [-0.25, -0.2) is 0 Å². The first kappa shape index (κ1) is 21.8. The van der Waals surface area contributed by atoms with E-state index in [0.717, 1.165) is 23.4 Å². The standard InChI is InChI=1S/C23H29ClO5/c1-5-16(17-6-8-19(24)9-7-17)10-11-23(28-12-13-29-23)18-14-20(25-2)22(27-4)21(15-18)26-3/h6-9,14-16H,5,10-13H2,1-4H3. The summed E-state index contributed by atoms with van der Waals surface area (Å²) in [4.78, 5) is 0. The summed E-state index contributed by atoms with van der Waals surface area (Å²) in [5.74, 6) is 1.29. The largest absolute Gasteiger partial charge is 0.493 e. The zero-order valence-electron chi connectivity index (χ0n) is 17.5. The Morgan fingerprint density at radius 2 is 1.55 bits per heavy atom. The number of hydrogen-bond acceptors (Lipinski definition) is 5. The van der Waals surface area contributed by atoms with Gasteiger partial charge >= 0.3 is 0 Å². The van der Waals surface area contributed by atoms with Crippen LogP contribution in [0.3, 0.4) is 0 Å². The molecule has 0 amide bonds. The second kappa shape index (κ2) is 9.70. The lowest BCUT2D eigenvalue weighted by Gasteiger charge is -2.30. The molecule has 2 aromatic carbocycles. The predicted octanol–water partition coefficient (Wildman–Crippen LogP) is 5.54. The highest BCUT2D eigenvalue weighted by Crippen LogP contribution is 2.46. The molecule has 29 heavy (non-hydrogen) atoms. The van der Waals surface area contributed by atoms with Crippen LogP contribution in [-0.4, -0.2) is 34.5 Å². The van der Waals surface area contributed by atoms with Gasteiger partial charge in [0.1, 0.15) is 0 Å². The highest BCUT2D eigenvalue weighted by Gasteiger charge is 2.40. The number of ether oxygens (including phenoxy) is 5. The van der Waals surface area contributed by atoms with Gasteiger partial charge in [0.05, 0.1) is 34.5 Å². The van der Waals surface area contributed by atoms with Crippen LogP contribution in [-0.2, 0) is 15.3 Å². The van der Waals surface area contributed by atoms with Gasteiger partial charge < -0.3 is 23.7 Å². The Balaban J connectivity index is 1.89. The fourth-order valence-corrected chi connectivity index (χ4v) is 4.04. The van der Waals surface area contributed by atoms with Gasteiger partial charge in [-0.1, -0.05) is 30.7 Å². The van der Waals surface area contributed by atoms with E-state index in [4.69, 9.17) is 35.3 Å². The third kappa shape index (κ3) is 4.63. The fraction of sp³-hybridized carbons (Fsp3) is 0.478. The van der Waals surface area contributed by atoms with Gasteiger partial charge in [0.2, 0.25) is 5.75 Å². The molecule has 2 aromatic rings. The van der Waals surface area contributed by atoms with Crippen LogP contribution in [0.15, 0.2) is 36.4 Å². The van der Waals surface area contributed by atoms with Crippen molar-refractivity contribution in [3.63, 3.8) is 0 Å². The van der Waals surface area contributed by atoms with Crippen LogP contribution in [0.5, 0.6) is 17.2 Å². The molecule has 0 radical (unpaired) electrons. The molecular formula is C23H29ClO5. The molecule has 0 aromatic heterocycles. The van der Waals surface area contributed by atoms with E-state index in [2.05, 4.69) is 19.1 Å². The SMILES string of the molecule is CCC(CCC1(c2cc(OC)c(OC)c(OC)c2)OCCO1)c1ccc(Cl)cc1. The second-order valence-corrected chi connectivity index (χ2v) is 7.50. The van der Waals surface area contributed by atoms with Crippen molar-refractivity contribution in [3.05, 3.63) is 52.5 Å². The Labute approximate surface area is 177 Å². The van der Waals surface area contributed by atoms with E-state index < -0.39 is 5.79 Å². The van der Waals surface area contributed by atoms with Crippen molar-refractivity contribution < 1.29 is 23.7 Å². The number of methoxy groups -OCH3 is 3. The molecule has 0 bridgehead atoms. The van der Waals surface area contributed by atoms with Crippen molar-refractivity contribution in [3.8, 4) is 17.2 Å². The minimum Gasteiger partial charge on any atom is -0.493 e. The average Bonchev–Trinajstić information content (AvgIpc) is 3.24. The zero-order chi connectivity index (χ0) is 20.9. The minimum atomic E-state index is -0.827. The fourth-order valence-electron chi connectivity index (χ4n) is 3.92. The lowest BCUT2D eigenvalue weighted by Crippen LogP contribution is -2.28. The number of rotatable bonds is 9. The van der Waals surface area contributed by atoms with Gasteiger partial charge in [-0.15, -0.1) is 0 Å². The summed E-state index contributed by atoms with van der Waals surface area (Å²) in [6, 6.07) is 11.9. The Bertz CT molecular complexity index is 774. The molecule has 158 valence electrons. The third-order valence-electron chi connectivity index (χ3n) is 5.51. The lowest BCUT2D eigenvalue weighted by atomic mass is 9.88. The maximum atomic E-state index is 6.15. The normalized spacial score (nSPS) is 16.4. The molecule has 5 nitrogen and oxygen atoms in total. The number of halogens is 1. The molecule has 0 aliphatic carbocycles. The molecule has 6 heteroatoms. The van der Waals surface area contributed by atoms with E-state index >= 15 is 0 Å². The predicted molar refractivity (Wildman–Crippen MR) is 113 cm³/mol. The molecule has 3 rings (SSSR count). The van der Waals surface area contributed by atoms with Gasteiger partial charge in [0.15, 0.2) is 17.3 Å². The van der Waals surface area contributed by atoms with E-state index in [1.807, 2.05) is 24.3 Å². The highest BCUT2D eigenvalue weighted by atomic mass is 35.5. The molecule has 1 unspecified atom stereocenters. The molecule has 0 N–H and O–H groups in total. The highest BCUT2D eigenvalue weighted by molar-refractivity contribution is 6.30. The summed E-state index contributed by atoms with van der Waals surface area (Å²) in [6.07, 6.45) is 2.65. The van der Waals surface area contributed by atoms with Gasteiger partial charge in [-0.3, -0.25) is 0 Å². The Kier molecular flexibility index (Phi) is 7.28. The topological polar surface area (TPSA) is 46.2 Å². The molecule has 1 aliphatic heterocycles. The molecule has 0 saturated carbocycles. The minimum absolute atomic E-state index is 0.388. The van der Waals surface area contributed by atoms with E-state index in [-0.39, 0.29) is 0 Å². The van der Waals surface area contributed by atoms with E-state index in [9.17, 15) is 0 Å². The van der Waals surface area contributed by atoms with Crippen molar-refractivity contribution in [1.82, 2.24) is 0 Å². The first-order valence-corrected chi connectivity index (χ1v) is 10.3. The molecule has 1 atom stereocenters. The van der Waals surface area contributed by atoms with Crippen molar-refractivity contribution >= 4 is 11.6 Å². The van der Waals surface area contributed by atoms with Crippen LogP contribution >= 0.6 is 11.6 Å². The quantitative estimate of drug-likeness (QED) is 0.533. The monoisotopic (exact) mass is 420 g/mol. The van der Waals surface area contributed by atoms with E-state index in [0.29, 0.717) is 42.8 Å². The van der Waals surface area contributed by atoms with Crippen LogP contribution < -0.4 is 14.2 Å². The second-order valence-electron chi connectivity index (χ2n) is 7.06. The van der Waals surface area contributed by atoms with E-state index in [1.165, 1.54) is 5.56 Å². The molecule has 0 spiro atoms. The van der Waals surface area contributed by atoms with Gasteiger partial charge in [0, 0.05) is 17.0 Å². The smallest absolute Gasteiger partial charge is 0.203 e. The van der Waals surface area contributed by atoms with Crippen LogP contribution in [0.25, 0.3) is 0 Å². The maximum absolute atomic E-state index is 6.15. The molecular weight excluding hydrogens is 392 g/mol. The molecule has 1 heterocycles. The van der Waals surface area contributed by atoms with Crippen molar-refractivity contribution in [2.75, 3.05) is 34.5 Å². The van der Waals surface area contributed by atoms with Crippen LogP contribution in [0.4, 0.5) is 0 Å². The van der Waals surface area contributed by atoms with Gasteiger partial charge in [-0.05, 0) is 48.6 Å². The lowest BCUT2D eigenvalue weighted by molar-refractivity contribution is -0.172. The van der Waals surface area contributed by atoms with Crippen LogP contribution in [0.2, 0.25) is 5.02 Å². The summed E-state index contributed by atoms with van der Waals surface area (Å²) in [5, 5.41) is 0.750. The summed E-state index contributed by atoms with van der Waals surface area (Å²) >= 11 is 6.05. The molecule has 1 aliphatic rings. The van der Waals surface area contributed by atoms with Crippen LogP contribution in [0, 0.1) is 0 Å². The third-order valence-corrected chi connectivity index (χ3v) is 5.77. The first-order chi connectivity index (χ1) is 14.1. The Morgan fingerprint density at radius 1 is 0.966 bits per heavy atom. The van der Waals surface area contributed by atoms with E-state index in [1.54, 1.807) is 21.3 Å². The summed E-state index contributed by atoms with van der Waals surface area (Å²) in [6.45, 7) is 3.30. The van der Waals surface area contributed by atoms with Gasteiger partial charge in [-0.2, -0.15) is 0 Å². The van der Waals surface area contributed by atoms with Gasteiger partial charge in [0.25, 0.3) is 0 Å². The van der Waals surface area contributed by atoms with Crippen molar-refractivity contribution in [1.29, 1.82) is 0 Å².